The molecule has 0 bridgehead atoms. The van der Waals surface area contributed by atoms with Crippen molar-refractivity contribution in [2.75, 3.05) is 0 Å². The summed E-state index contributed by atoms with van der Waals surface area (Å²) in [4.78, 5) is 10.6. The first-order valence-electron chi connectivity index (χ1n) is 13.7. The van der Waals surface area contributed by atoms with E-state index in [4.69, 9.17) is 5.73 Å². The molecule has 30 heavy (non-hydrogen) atoms. The Morgan fingerprint density at radius 3 is 1.13 bits per heavy atom. The third-order valence-corrected chi connectivity index (χ3v) is 6.18. The van der Waals surface area contributed by atoms with Gasteiger partial charge in [0.25, 0.3) is 0 Å². The lowest BCUT2D eigenvalue weighted by Crippen LogP contribution is -2.09. The summed E-state index contributed by atoms with van der Waals surface area (Å²) in [6.07, 6.45) is 36.7. The number of primary amides is 1. The van der Waals surface area contributed by atoms with Crippen LogP contribution in [0.3, 0.4) is 0 Å². The van der Waals surface area contributed by atoms with E-state index in [0.29, 0.717) is 6.42 Å². The van der Waals surface area contributed by atoms with Crippen LogP contribution in [0.1, 0.15) is 161 Å². The SMILES string of the molecule is CCCCCCCCCCCCCCCCCC=CCCCCCCCCC(N)=O. The van der Waals surface area contributed by atoms with Crippen LogP contribution in [0.15, 0.2) is 12.2 Å². The van der Waals surface area contributed by atoms with Crippen molar-refractivity contribution in [1.29, 1.82) is 0 Å². The summed E-state index contributed by atoms with van der Waals surface area (Å²) in [5, 5.41) is 0. The van der Waals surface area contributed by atoms with Crippen LogP contribution in [0, 0.1) is 0 Å². The number of allylic oxidation sites excluding steroid dienone is 2. The Morgan fingerprint density at radius 1 is 0.500 bits per heavy atom. The van der Waals surface area contributed by atoms with Gasteiger partial charge in [0.2, 0.25) is 5.91 Å². The molecule has 0 saturated carbocycles. The molecule has 2 heteroatoms. The van der Waals surface area contributed by atoms with Crippen LogP contribution in [0.2, 0.25) is 0 Å². The fourth-order valence-corrected chi connectivity index (χ4v) is 4.14. The van der Waals surface area contributed by atoms with Crippen molar-refractivity contribution in [3.05, 3.63) is 12.2 Å². The number of amides is 1. The van der Waals surface area contributed by atoms with Gasteiger partial charge in [0.1, 0.15) is 0 Å². The maximum atomic E-state index is 10.6. The number of rotatable bonds is 25. The summed E-state index contributed by atoms with van der Waals surface area (Å²) in [5.41, 5.74) is 5.14. The highest BCUT2D eigenvalue weighted by atomic mass is 16.1. The Labute approximate surface area is 189 Å². The third-order valence-electron chi connectivity index (χ3n) is 6.18. The fraction of sp³-hybridized carbons (Fsp3) is 0.893. The van der Waals surface area contributed by atoms with Gasteiger partial charge in [-0.05, 0) is 32.1 Å². The summed E-state index contributed by atoms with van der Waals surface area (Å²) in [5.74, 6) is -0.158. The van der Waals surface area contributed by atoms with E-state index in [-0.39, 0.29) is 5.91 Å². The van der Waals surface area contributed by atoms with E-state index >= 15 is 0 Å². The number of carbonyl (C=O) groups excluding carboxylic acids is 1. The second kappa shape index (κ2) is 26.2. The molecule has 0 saturated heterocycles. The van der Waals surface area contributed by atoms with Crippen LogP contribution in [-0.4, -0.2) is 5.91 Å². The molecule has 0 heterocycles. The summed E-state index contributed by atoms with van der Waals surface area (Å²) < 4.78 is 0. The van der Waals surface area contributed by atoms with E-state index in [1.807, 2.05) is 0 Å². The first-order valence-corrected chi connectivity index (χ1v) is 13.7. The van der Waals surface area contributed by atoms with Crippen LogP contribution in [0.4, 0.5) is 0 Å². The van der Waals surface area contributed by atoms with Crippen molar-refractivity contribution in [2.45, 2.75) is 161 Å². The molecular formula is C28H55NO. The van der Waals surface area contributed by atoms with Gasteiger partial charge in [0, 0.05) is 6.42 Å². The van der Waals surface area contributed by atoms with Crippen LogP contribution < -0.4 is 5.73 Å². The van der Waals surface area contributed by atoms with Crippen molar-refractivity contribution in [2.24, 2.45) is 5.73 Å². The highest BCUT2D eigenvalue weighted by Crippen LogP contribution is 2.14. The quantitative estimate of drug-likeness (QED) is 0.116. The molecule has 178 valence electrons. The zero-order chi connectivity index (χ0) is 22.0. The van der Waals surface area contributed by atoms with E-state index in [2.05, 4.69) is 19.1 Å². The summed E-state index contributed by atoms with van der Waals surface area (Å²) in [6, 6.07) is 0. The zero-order valence-corrected chi connectivity index (χ0v) is 20.6. The van der Waals surface area contributed by atoms with Gasteiger partial charge >= 0.3 is 0 Å². The average molecular weight is 422 g/mol. The molecule has 0 radical (unpaired) electrons. The monoisotopic (exact) mass is 421 g/mol. The van der Waals surface area contributed by atoms with Crippen molar-refractivity contribution in [3.63, 3.8) is 0 Å². The zero-order valence-electron chi connectivity index (χ0n) is 20.6. The largest absolute Gasteiger partial charge is 0.370 e. The highest BCUT2D eigenvalue weighted by molar-refractivity contribution is 5.73. The first kappa shape index (κ1) is 29.2. The number of hydrogen-bond donors (Lipinski definition) is 1. The Hall–Kier alpha value is -0.790. The second-order valence-corrected chi connectivity index (χ2v) is 9.34. The molecule has 0 aliphatic heterocycles. The van der Waals surface area contributed by atoms with Gasteiger partial charge in [0.05, 0.1) is 0 Å². The lowest BCUT2D eigenvalue weighted by Gasteiger charge is -2.03. The van der Waals surface area contributed by atoms with E-state index in [1.165, 1.54) is 135 Å². The maximum absolute atomic E-state index is 10.6. The average Bonchev–Trinajstić information content (AvgIpc) is 2.73. The Balaban J connectivity index is 3.07. The van der Waals surface area contributed by atoms with Gasteiger partial charge in [0.15, 0.2) is 0 Å². The molecule has 0 fully saturated rings. The molecule has 0 rings (SSSR count). The van der Waals surface area contributed by atoms with Gasteiger partial charge in [-0.1, -0.05) is 135 Å². The van der Waals surface area contributed by atoms with Gasteiger partial charge in [-0.25, -0.2) is 0 Å². The number of carbonyl (C=O) groups is 1. The van der Waals surface area contributed by atoms with E-state index in [0.717, 1.165) is 12.8 Å². The van der Waals surface area contributed by atoms with Crippen molar-refractivity contribution < 1.29 is 4.79 Å². The molecule has 0 aromatic heterocycles. The maximum Gasteiger partial charge on any atom is 0.217 e. The number of hydrogen-bond acceptors (Lipinski definition) is 1. The first-order chi connectivity index (χ1) is 14.8. The molecule has 0 aromatic rings. The smallest absolute Gasteiger partial charge is 0.217 e. The molecule has 0 atom stereocenters. The van der Waals surface area contributed by atoms with Crippen LogP contribution in [0.5, 0.6) is 0 Å². The number of nitrogens with two attached hydrogens (primary N) is 1. The summed E-state index contributed by atoms with van der Waals surface area (Å²) in [6.45, 7) is 2.29. The molecule has 0 aliphatic carbocycles. The second-order valence-electron chi connectivity index (χ2n) is 9.34. The minimum atomic E-state index is -0.158. The predicted molar refractivity (Wildman–Crippen MR) is 135 cm³/mol. The minimum absolute atomic E-state index is 0.158. The van der Waals surface area contributed by atoms with Gasteiger partial charge in [-0.15, -0.1) is 0 Å². The molecule has 0 aromatic carbocycles. The lowest BCUT2D eigenvalue weighted by molar-refractivity contribution is -0.118. The summed E-state index contributed by atoms with van der Waals surface area (Å²) >= 11 is 0. The van der Waals surface area contributed by atoms with Crippen molar-refractivity contribution >= 4 is 5.91 Å². The van der Waals surface area contributed by atoms with Gasteiger partial charge in [-0.2, -0.15) is 0 Å². The molecule has 2 N–H and O–H groups in total. The molecule has 0 unspecified atom stereocenters. The van der Waals surface area contributed by atoms with E-state index in [9.17, 15) is 4.79 Å². The fourth-order valence-electron chi connectivity index (χ4n) is 4.14. The topological polar surface area (TPSA) is 43.1 Å². The lowest BCUT2D eigenvalue weighted by atomic mass is 10.0. The number of unbranched alkanes of at least 4 members (excludes halogenated alkanes) is 21. The Morgan fingerprint density at radius 2 is 0.800 bits per heavy atom. The predicted octanol–water partition coefficient (Wildman–Crippen LogP) is 9.41. The standard InChI is InChI=1S/C28H55NO/c1-2-3-4-5-6-7-8-9-10-11-12-13-14-15-16-17-18-19-20-21-22-23-24-25-26-27-28(29)30/h18-19H,2-17,20-27H2,1H3,(H2,29,30). The molecule has 0 aliphatic rings. The van der Waals surface area contributed by atoms with Crippen LogP contribution >= 0.6 is 0 Å². The molecular weight excluding hydrogens is 366 g/mol. The Bertz CT molecular complexity index is 364. The van der Waals surface area contributed by atoms with Crippen LogP contribution in [-0.2, 0) is 4.79 Å². The van der Waals surface area contributed by atoms with Crippen molar-refractivity contribution in [1.82, 2.24) is 0 Å². The molecule has 0 spiro atoms. The summed E-state index contributed by atoms with van der Waals surface area (Å²) in [7, 11) is 0. The normalized spacial score (nSPS) is 11.5. The van der Waals surface area contributed by atoms with Crippen LogP contribution in [0.25, 0.3) is 0 Å². The van der Waals surface area contributed by atoms with E-state index in [1.54, 1.807) is 0 Å². The molecule has 2 nitrogen and oxygen atoms in total. The highest BCUT2D eigenvalue weighted by Gasteiger charge is 1.95. The van der Waals surface area contributed by atoms with Crippen molar-refractivity contribution in [3.8, 4) is 0 Å². The third kappa shape index (κ3) is 27.2. The van der Waals surface area contributed by atoms with E-state index < -0.39 is 0 Å². The van der Waals surface area contributed by atoms with Gasteiger partial charge in [-0.3, -0.25) is 4.79 Å². The molecule has 1 amide bonds. The minimum Gasteiger partial charge on any atom is -0.370 e. The Kier molecular flexibility index (Phi) is 25.6. The van der Waals surface area contributed by atoms with Gasteiger partial charge < -0.3 is 5.73 Å².